The third kappa shape index (κ3) is 3.34. The molecule has 120 valence electrons. The molecule has 0 saturated heterocycles. The smallest absolute Gasteiger partial charge is 0.310 e. The van der Waals surface area contributed by atoms with Crippen molar-refractivity contribution in [3.8, 4) is 11.5 Å². The fourth-order valence-electron chi connectivity index (χ4n) is 2.54. The Hall–Kier alpha value is -2.82. The van der Waals surface area contributed by atoms with Crippen LogP contribution in [0.15, 0.2) is 36.4 Å². The largest absolute Gasteiger partial charge is 0.508 e. The normalized spacial score (nSPS) is 10.3. The van der Waals surface area contributed by atoms with Gasteiger partial charge in [0.05, 0.1) is 19.1 Å². The number of carbonyl (C=O) groups excluding carboxylic acids is 2. The van der Waals surface area contributed by atoms with Crippen molar-refractivity contribution >= 4 is 11.8 Å². The average molecular weight is 314 g/mol. The van der Waals surface area contributed by atoms with E-state index in [1.807, 2.05) is 0 Å². The summed E-state index contributed by atoms with van der Waals surface area (Å²) in [5.41, 5.74) is 1.16. The standard InChI is InChI=1S/C18H18O5/c1-3-12-13(9-16(21)23-2)17(15(20)10-14(12)19)18(22)11-7-5-4-6-8-11/h4-8,10,19-20H,3,9H2,1-2H3. The molecular formula is C18H18O5. The molecule has 0 amide bonds. The van der Waals surface area contributed by atoms with Gasteiger partial charge in [-0.05, 0) is 17.5 Å². The van der Waals surface area contributed by atoms with E-state index in [9.17, 15) is 19.8 Å². The maximum absolute atomic E-state index is 12.7. The van der Waals surface area contributed by atoms with Gasteiger partial charge in [-0.15, -0.1) is 0 Å². The summed E-state index contributed by atoms with van der Waals surface area (Å²) in [4.78, 5) is 24.4. The Morgan fingerprint density at radius 2 is 1.70 bits per heavy atom. The zero-order chi connectivity index (χ0) is 17.0. The molecule has 0 atom stereocenters. The number of ether oxygens (including phenoxy) is 1. The summed E-state index contributed by atoms with van der Waals surface area (Å²) in [5.74, 6) is -1.45. The van der Waals surface area contributed by atoms with E-state index in [0.717, 1.165) is 6.07 Å². The zero-order valence-corrected chi connectivity index (χ0v) is 13.0. The number of ketones is 1. The Labute approximate surface area is 134 Å². The van der Waals surface area contributed by atoms with Crippen molar-refractivity contribution in [2.45, 2.75) is 19.8 Å². The molecule has 0 bridgehead atoms. The first-order valence-electron chi connectivity index (χ1n) is 7.22. The molecular weight excluding hydrogens is 296 g/mol. The second kappa shape index (κ2) is 6.96. The van der Waals surface area contributed by atoms with Crippen LogP contribution in [0, 0.1) is 0 Å². The molecule has 2 aromatic rings. The quantitative estimate of drug-likeness (QED) is 0.654. The molecule has 2 rings (SSSR count). The Bertz CT molecular complexity index is 735. The summed E-state index contributed by atoms with van der Waals surface area (Å²) < 4.78 is 4.66. The zero-order valence-electron chi connectivity index (χ0n) is 13.0. The second-order valence-electron chi connectivity index (χ2n) is 5.05. The minimum Gasteiger partial charge on any atom is -0.508 e. The molecule has 2 aromatic carbocycles. The first-order chi connectivity index (χ1) is 11.0. The molecule has 5 heteroatoms. The van der Waals surface area contributed by atoms with Crippen LogP contribution in [-0.4, -0.2) is 29.1 Å². The van der Waals surface area contributed by atoms with Gasteiger partial charge in [0.15, 0.2) is 5.78 Å². The van der Waals surface area contributed by atoms with E-state index in [2.05, 4.69) is 4.74 Å². The fraction of sp³-hybridized carbons (Fsp3) is 0.222. The van der Waals surface area contributed by atoms with Gasteiger partial charge < -0.3 is 14.9 Å². The lowest BCUT2D eigenvalue weighted by atomic mass is 9.90. The Kier molecular flexibility index (Phi) is 5.01. The molecule has 0 radical (unpaired) electrons. The van der Waals surface area contributed by atoms with Crippen LogP contribution in [0.3, 0.4) is 0 Å². The second-order valence-corrected chi connectivity index (χ2v) is 5.05. The number of carbonyl (C=O) groups is 2. The predicted octanol–water partition coefficient (Wildman–Crippen LogP) is 2.61. The number of hydrogen-bond acceptors (Lipinski definition) is 5. The minimum atomic E-state index is -0.549. The molecule has 5 nitrogen and oxygen atoms in total. The van der Waals surface area contributed by atoms with Gasteiger partial charge in [-0.2, -0.15) is 0 Å². The highest BCUT2D eigenvalue weighted by molar-refractivity contribution is 6.12. The third-order valence-electron chi connectivity index (χ3n) is 3.67. The molecule has 0 aliphatic rings. The van der Waals surface area contributed by atoms with Gasteiger partial charge in [0, 0.05) is 11.6 Å². The van der Waals surface area contributed by atoms with Crippen LogP contribution in [0.4, 0.5) is 0 Å². The van der Waals surface area contributed by atoms with Crippen molar-refractivity contribution in [2.75, 3.05) is 7.11 Å². The Balaban J connectivity index is 2.65. The molecule has 0 unspecified atom stereocenters. The molecule has 0 fully saturated rings. The SMILES string of the molecule is CCc1c(O)cc(O)c(C(=O)c2ccccc2)c1CC(=O)OC. The Morgan fingerprint density at radius 3 is 2.26 bits per heavy atom. The van der Waals surface area contributed by atoms with Gasteiger partial charge in [-0.3, -0.25) is 9.59 Å². The van der Waals surface area contributed by atoms with Crippen LogP contribution in [-0.2, 0) is 22.4 Å². The lowest BCUT2D eigenvalue weighted by molar-refractivity contribution is -0.139. The van der Waals surface area contributed by atoms with Crippen molar-refractivity contribution in [3.05, 3.63) is 58.7 Å². The topological polar surface area (TPSA) is 83.8 Å². The molecule has 0 saturated carbocycles. The molecule has 0 spiro atoms. The van der Waals surface area contributed by atoms with Crippen LogP contribution in [0.5, 0.6) is 11.5 Å². The van der Waals surface area contributed by atoms with Gasteiger partial charge in [0.2, 0.25) is 0 Å². The highest BCUT2D eigenvalue weighted by atomic mass is 16.5. The summed E-state index contributed by atoms with van der Waals surface area (Å²) in [6.45, 7) is 1.80. The number of benzene rings is 2. The van der Waals surface area contributed by atoms with Gasteiger partial charge in [0.1, 0.15) is 11.5 Å². The number of methoxy groups -OCH3 is 1. The van der Waals surface area contributed by atoms with Gasteiger partial charge in [-0.1, -0.05) is 37.3 Å². The first-order valence-corrected chi connectivity index (χ1v) is 7.22. The van der Waals surface area contributed by atoms with Gasteiger partial charge in [-0.25, -0.2) is 0 Å². The van der Waals surface area contributed by atoms with Crippen molar-refractivity contribution < 1.29 is 24.5 Å². The average Bonchev–Trinajstić information content (AvgIpc) is 2.55. The number of phenols is 2. The molecule has 23 heavy (non-hydrogen) atoms. The highest BCUT2D eigenvalue weighted by Gasteiger charge is 2.24. The van der Waals surface area contributed by atoms with E-state index in [4.69, 9.17) is 0 Å². The predicted molar refractivity (Wildman–Crippen MR) is 84.7 cm³/mol. The molecule has 0 aromatic heterocycles. The monoisotopic (exact) mass is 314 g/mol. The number of esters is 1. The summed E-state index contributed by atoms with van der Waals surface area (Å²) in [5, 5.41) is 20.2. The maximum atomic E-state index is 12.7. The van der Waals surface area contributed by atoms with Crippen LogP contribution in [0.2, 0.25) is 0 Å². The van der Waals surface area contributed by atoms with Crippen molar-refractivity contribution in [1.82, 2.24) is 0 Å². The van der Waals surface area contributed by atoms with Crippen LogP contribution >= 0.6 is 0 Å². The van der Waals surface area contributed by atoms with E-state index in [1.165, 1.54) is 7.11 Å². The van der Waals surface area contributed by atoms with E-state index >= 15 is 0 Å². The van der Waals surface area contributed by atoms with E-state index in [0.29, 0.717) is 23.1 Å². The number of rotatable bonds is 5. The third-order valence-corrected chi connectivity index (χ3v) is 3.67. The summed E-state index contributed by atoms with van der Waals surface area (Å²) in [6.07, 6.45) is 0.211. The molecule has 2 N–H and O–H groups in total. The van der Waals surface area contributed by atoms with Crippen LogP contribution < -0.4 is 0 Å². The van der Waals surface area contributed by atoms with E-state index in [1.54, 1.807) is 37.3 Å². The Morgan fingerprint density at radius 1 is 1.04 bits per heavy atom. The molecule has 0 heterocycles. The van der Waals surface area contributed by atoms with Crippen molar-refractivity contribution in [1.29, 1.82) is 0 Å². The summed E-state index contributed by atoms with van der Waals surface area (Å²) in [7, 11) is 1.25. The fourth-order valence-corrected chi connectivity index (χ4v) is 2.54. The minimum absolute atomic E-state index is 0.0243. The van der Waals surface area contributed by atoms with E-state index < -0.39 is 11.8 Å². The summed E-state index contributed by atoms with van der Waals surface area (Å²) >= 11 is 0. The van der Waals surface area contributed by atoms with Crippen molar-refractivity contribution in [3.63, 3.8) is 0 Å². The molecule has 0 aliphatic carbocycles. The highest BCUT2D eigenvalue weighted by Crippen LogP contribution is 2.34. The van der Waals surface area contributed by atoms with E-state index in [-0.39, 0.29) is 23.5 Å². The van der Waals surface area contributed by atoms with Crippen LogP contribution in [0.1, 0.15) is 34.0 Å². The summed E-state index contributed by atoms with van der Waals surface area (Å²) in [6, 6.07) is 9.59. The first kappa shape index (κ1) is 16.5. The number of phenolic OH excluding ortho intramolecular Hbond substituents is 2. The number of hydrogen-bond donors (Lipinski definition) is 2. The lowest BCUT2D eigenvalue weighted by Gasteiger charge is -2.16. The number of aromatic hydroxyl groups is 2. The van der Waals surface area contributed by atoms with Gasteiger partial charge in [0.25, 0.3) is 0 Å². The van der Waals surface area contributed by atoms with Gasteiger partial charge >= 0.3 is 5.97 Å². The molecule has 0 aliphatic heterocycles. The van der Waals surface area contributed by atoms with Crippen LogP contribution in [0.25, 0.3) is 0 Å². The lowest BCUT2D eigenvalue weighted by Crippen LogP contribution is -2.14. The van der Waals surface area contributed by atoms with Crippen molar-refractivity contribution in [2.24, 2.45) is 0 Å². The maximum Gasteiger partial charge on any atom is 0.310 e.